The number of rotatable bonds is 16. The van der Waals surface area contributed by atoms with E-state index in [-0.39, 0.29) is 22.8 Å². The summed E-state index contributed by atoms with van der Waals surface area (Å²) in [6.07, 6.45) is -12.5. The lowest BCUT2D eigenvalue weighted by atomic mass is 10.1. The van der Waals surface area contributed by atoms with E-state index >= 15 is 0 Å². The normalized spacial score (nSPS) is 29.2. The minimum atomic E-state index is -5.70. The highest BCUT2D eigenvalue weighted by molar-refractivity contribution is 7.66. The number of phosphoric acid groups is 5. The number of anilines is 2. The molecular weight excluding hydrogens is 1110 g/mol. The monoisotopic (exact) mass is 1150 g/mol. The van der Waals surface area contributed by atoms with Crippen molar-refractivity contribution in [1.82, 2.24) is 38.6 Å². The topological polar surface area (TPSA) is 628 Å². The Hall–Kier alpha value is -4.02. The van der Waals surface area contributed by atoms with E-state index in [2.05, 4.69) is 42.1 Å². The number of H-pyrrole nitrogens is 1. The van der Waals surface area contributed by atoms with Gasteiger partial charge >= 0.3 is 50.5 Å². The lowest BCUT2D eigenvalue weighted by Crippen LogP contribution is -2.37. The van der Waals surface area contributed by atoms with E-state index in [1.165, 1.54) is 23.2 Å². The molecule has 4 aromatic heterocycles. The van der Waals surface area contributed by atoms with E-state index in [4.69, 9.17) is 59.9 Å². The first-order chi connectivity index (χ1) is 33.6. The third kappa shape index (κ3) is 16.2. The van der Waals surface area contributed by atoms with Crippen molar-refractivity contribution in [3.8, 4) is 0 Å². The molecule has 3 saturated heterocycles. The number of nitrogens with zero attached hydrogens (tertiary/aromatic N) is 7. The molecule has 0 bridgehead atoms. The number of fused-ring (bicyclic) bond motifs is 1. The number of hydrogen-bond donors (Lipinski definition) is 17. The molecule has 19 N–H and O–H groups in total. The number of ether oxygens (including phenoxy) is 3. The van der Waals surface area contributed by atoms with Crippen molar-refractivity contribution in [1.29, 1.82) is 0 Å². The zero-order chi connectivity index (χ0) is 54.8. The first-order valence-electron chi connectivity index (χ1n) is 19.4. The van der Waals surface area contributed by atoms with Crippen LogP contribution in [-0.2, 0) is 59.2 Å². The lowest BCUT2D eigenvalue weighted by Gasteiger charge is -2.19. The van der Waals surface area contributed by atoms with Crippen molar-refractivity contribution in [2.75, 3.05) is 31.3 Å². The predicted molar refractivity (Wildman–Crippen MR) is 228 cm³/mol. The largest absolute Gasteiger partial charge is 0.490 e. The van der Waals surface area contributed by atoms with Crippen LogP contribution < -0.4 is 28.4 Å². The van der Waals surface area contributed by atoms with E-state index in [9.17, 15) is 72.7 Å². The second-order valence-corrected chi connectivity index (χ2v) is 21.6. The number of aromatic amines is 1. The van der Waals surface area contributed by atoms with E-state index in [0.717, 1.165) is 27.7 Å². The summed E-state index contributed by atoms with van der Waals surface area (Å²) in [6.45, 7) is -2.30. The van der Waals surface area contributed by atoms with Gasteiger partial charge in [-0.05, 0) is 6.07 Å². The Morgan fingerprint density at radius 3 is 1.51 bits per heavy atom. The summed E-state index contributed by atoms with van der Waals surface area (Å²) < 4.78 is 93.6. The molecule has 0 amide bonds. The van der Waals surface area contributed by atoms with Crippen LogP contribution in [-0.4, -0.2) is 183 Å². The van der Waals surface area contributed by atoms with Crippen molar-refractivity contribution >= 4 is 61.9 Å². The first-order valence-corrected chi connectivity index (χ1v) is 27.0. The fraction of sp³-hybridized carbons (Fsp3) is 0.536. The molecule has 73 heavy (non-hydrogen) atoms. The van der Waals surface area contributed by atoms with Crippen molar-refractivity contribution in [3.63, 3.8) is 0 Å². The third-order valence-electron chi connectivity index (χ3n) is 9.56. The standard InChI is InChI=1S/C10H16N5O13P3.C9H14N3O8P.C9H13N2O9P/c11-8-5-9(13-2-12-8)15(3-14-5)10-7(17)6(16)4(26-10)1-25-30(21,22)28-31(23,24)27-29(18,19)20;10-5-1-2-12(9(15)11-5)8-7(14)6(13)4(20-8)3-19-21(16,17)18;12-5-1-2-11(9(15)10-5)8-7(14)6(13)4(20-8)3-19-21(16,17)18/h2-4,6-7,10,16-17H,1H2,(H,21,22)(H,23,24)(H2,11,12,13)(H2,18,19,20);1-2,4,6-8,13-14H,3H2,(H2,10,11,15)(H2,16,17,18);1-2,4,6-8,13-14H,3H2,(H,10,12,15)(H2,16,17,18)/t4-,6-,7-,10-;2*4-,6-,7-,8-/m111/s1. The second-order valence-electron chi connectivity index (χ2n) is 14.7. The van der Waals surface area contributed by atoms with Crippen LogP contribution in [0.15, 0.2) is 51.6 Å². The Morgan fingerprint density at radius 2 is 1.04 bits per heavy atom. The average molecular weight is 1150 g/mol. The summed E-state index contributed by atoms with van der Waals surface area (Å²) in [5, 5.41) is 59.6. The van der Waals surface area contributed by atoms with Crippen LogP contribution in [0.4, 0.5) is 11.6 Å². The minimum Gasteiger partial charge on any atom is -0.387 e. The van der Waals surface area contributed by atoms with Gasteiger partial charge in [0.15, 0.2) is 30.1 Å². The zero-order valence-electron chi connectivity index (χ0n) is 35.8. The number of aromatic nitrogens is 8. The van der Waals surface area contributed by atoms with E-state index in [1.807, 2.05) is 4.98 Å². The van der Waals surface area contributed by atoms with Gasteiger partial charge in [-0.2, -0.15) is 13.6 Å². The maximum absolute atomic E-state index is 11.8. The number of imidazole rings is 1. The number of phosphoric ester groups is 3. The van der Waals surface area contributed by atoms with Crippen LogP contribution in [0.1, 0.15) is 18.7 Å². The van der Waals surface area contributed by atoms with Crippen LogP contribution >= 0.6 is 39.1 Å². The summed E-state index contributed by atoms with van der Waals surface area (Å²) in [5.41, 5.74) is 9.01. The quantitative estimate of drug-likeness (QED) is 0.0464. The first kappa shape index (κ1) is 59.9. The molecule has 3 aliphatic rings. The van der Waals surface area contributed by atoms with Gasteiger partial charge in [-0.3, -0.25) is 37.1 Å². The predicted octanol–water partition coefficient (Wildman–Crippen LogP) is -6.81. The molecule has 40 nitrogen and oxygen atoms in total. The van der Waals surface area contributed by atoms with Crippen LogP contribution in [0.25, 0.3) is 11.2 Å². The zero-order valence-corrected chi connectivity index (χ0v) is 40.3. The van der Waals surface area contributed by atoms with Gasteiger partial charge in [-0.15, -0.1) is 0 Å². The van der Waals surface area contributed by atoms with Gasteiger partial charge in [-0.1, -0.05) is 0 Å². The maximum atomic E-state index is 11.8. The molecule has 3 aliphatic heterocycles. The minimum absolute atomic E-state index is 0.0225. The molecule has 0 aliphatic carbocycles. The van der Waals surface area contributed by atoms with Crippen molar-refractivity contribution in [2.45, 2.75) is 73.6 Å². The molecule has 3 fully saturated rings. The Bertz CT molecular complexity index is 3000. The Kier molecular flexibility index (Phi) is 19.2. The number of nitrogens with two attached hydrogens (primary N) is 2. The second kappa shape index (κ2) is 23.5. The lowest BCUT2D eigenvalue weighted by molar-refractivity contribution is -0.0543. The van der Waals surface area contributed by atoms with E-state index in [0.29, 0.717) is 0 Å². The fourth-order valence-corrected chi connectivity index (χ4v) is 10.1. The molecule has 0 spiro atoms. The summed E-state index contributed by atoms with van der Waals surface area (Å²) in [6, 6.07) is 2.31. The van der Waals surface area contributed by atoms with Gasteiger partial charge in [0.1, 0.15) is 72.6 Å². The number of nitrogens with one attached hydrogen (secondary N) is 1. The summed E-state index contributed by atoms with van der Waals surface area (Å²) >= 11 is 0. The van der Waals surface area contributed by atoms with Crippen molar-refractivity contribution < 1.29 is 129 Å². The molecule has 2 unspecified atom stereocenters. The van der Waals surface area contributed by atoms with Gasteiger partial charge in [0, 0.05) is 18.5 Å². The summed E-state index contributed by atoms with van der Waals surface area (Å²) in [5.74, 6) is 0.0201. The molecule has 0 aromatic carbocycles. The highest BCUT2D eigenvalue weighted by Crippen LogP contribution is 2.66. The van der Waals surface area contributed by atoms with Crippen LogP contribution in [0.3, 0.4) is 0 Å². The number of aliphatic hydroxyl groups is 6. The van der Waals surface area contributed by atoms with Gasteiger partial charge < -0.3 is 95.5 Å². The van der Waals surface area contributed by atoms with Gasteiger partial charge in [0.25, 0.3) is 5.56 Å². The molecule has 0 radical (unpaired) electrons. The molecular formula is C28H43N10O30P5. The smallest absolute Gasteiger partial charge is 0.387 e. The Balaban J connectivity index is 0.000000209. The summed E-state index contributed by atoms with van der Waals surface area (Å²) in [4.78, 5) is 121. The Morgan fingerprint density at radius 1 is 0.575 bits per heavy atom. The van der Waals surface area contributed by atoms with Gasteiger partial charge in [0.05, 0.1) is 26.1 Å². The van der Waals surface area contributed by atoms with E-state index in [1.54, 1.807) is 0 Å². The number of hydrogen-bond acceptors (Lipinski definition) is 28. The summed E-state index contributed by atoms with van der Waals surface area (Å²) in [7, 11) is -26.2. The average Bonchev–Trinajstić information content (AvgIpc) is 3.97. The molecule has 7 heterocycles. The maximum Gasteiger partial charge on any atom is 0.490 e. The molecule has 7 rings (SSSR count). The van der Waals surface area contributed by atoms with Crippen molar-refractivity contribution in [3.05, 3.63) is 68.5 Å². The van der Waals surface area contributed by atoms with Gasteiger partial charge in [0.2, 0.25) is 0 Å². The SMILES string of the molecule is Nc1ccn([C@@H]2O[C@H](COP(=O)(O)O)[C@@H](O)[C@H]2O)c(=O)n1.Nc1ncnc2c1ncn2[C@@H]1O[C@H](COP(=O)(O)OP(=O)(O)OP(=O)(O)O)[C@@H](O)[C@H]1O.O=c1ccn([C@@H]2O[C@H](COP(=O)(O)O)[C@@H](O)[C@H]2O)c(=O)[nH]1. The Labute approximate surface area is 402 Å². The molecule has 0 saturated carbocycles. The third-order valence-corrected chi connectivity index (χ3v) is 14.3. The van der Waals surface area contributed by atoms with Crippen LogP contribution in [0.2, 0.25) is 0 Å². The van der Waals surface area contributed by atoms with E-state index < -0.39 is 149 Å². The molecule has 4 aromatic rings. The van der Waals surface area contributed by atoms with Crippen molar-refractivity contribution in [2.24, 2.45) is 0 Å². The number of aliphatic hydroxyl groups excluding tert-OH is 6. The molecule has 14 atom stereocenters. The van der Waals surface area contributed by atoms with Crippen LogP contribution in [0, 0.1) is 0 Å². The van der Waals surface area contributed by atoms with Gasteiger partial charge in [-0.25, -0.2) is 47.4 Å². The molecule has 410 valence electrons. The highest BCUT2D eigenvalue weighted by Gasteiger charge is 2.48. The highest BCUT2D eigenvalue weighted by atomic mass is 31.3. The van der Waals surface area contributed by atoms with Crippen LogP contribution in [0.5, 0.6) is 0 Å². The fourth-order valence-electron chi connectivity index (χ4n) is 6.41. The number of nitrogen functional groups attached to an aromatic ring is 2. The molecule has 45 heteroatoms.